The number of carbonyl (C=O) groups excluding carboxylic acids is 1. The van der Waals surface area contributed by atoms with Gasteiger partial charge in [0.1, 0.15) is 11.0 Å². The van der Waals surface area contributed by atoms with Crippen molar-refractivity contribution in [3.63, 3.8) is 0 Å². The summed E-state index contributed by atoms with van der Waals surface area (Å²) in [5, 5.41) is 0. The van der Waals surface area contributed by atoms with Crippen molar-refractivity contribution >= 4 is 28.7 Å². The number of carbonyl (C=O) groups is 1. The second kappa shape index (κ2) is 7.67. The first-order valence-electron chi connectivity index (χ1n) is 9.90. The van der Waals surface area contributed by atoms with Gasteiger partial charge in [-0.3, -0.25) is 14.2 Å². The minimum Gasteiger partial charge on any atom is -0.339 e. The van der Waals surface area contributed by atoms with Crippen molar-refractivity contribution in [2.75, 3.05) is 13.1 Å². The van der Waals surface area contributed by atoms with Crippen molar-refractivity contribution in [3.05, 3.63) is 52.2 Å². The highest BCUT2D eigenvalue weighted by Gasteiger charge is 2.25. The van der Waals surface area contributed by atoms with E-state index < -0.39 is 0 Å². The molecule has 0 atom stereocenters. The molecule has 0 radical (unpaired) electrons. The molecular formula is C21H25N5O2S. The predicted octanol–water partition coefficient (Wildman–Crippen LogP) is 3.10. The molecule has 29 heavy (non-hydrogen) atoms. The van der Waals surface area contributed by atoms with Crippen LogP contribution in [0.15, 0.2) is 35.4 Å². The van der Waals surface area contributed by atoms with Crippen LogP contribution in [-0.4, -0.2) is 42.2 Å². The Morgan fingerprint density at radius 3 is 2.55 bits per heavy atom. The van der Waals surface area contributed by atoms with E-state index in [0.29, 0.717) is 31.1 Å². The van der Waals surface area contributed by atoms with Gasteiger partial charge in [-0.1, -0.05) is 20.8 Å². The van der Waals surface area contributed by atoms with Crippen LogP contribution in [0.1, 0.15) is 49.7 Å². The Hall–Kier alpha value is -2.61. The summed E-state index contributed by atoms with van der Waals surface area (Å²) in [6.45, 7) is 8.19. The van der Waals surface area contributed by atoms with E-state index in [9.17, 15) is 9.59 Å². The Morgan fingerprint density at radius 2 is 1.86 bits per heavy atom. The maximum atomic E-state index is 12.8. The van der Waals surface area contributed by atoms with Crippen LogP contribution in [0.2, 0.25) is 0 Å². The molecule has 0 aliphatic carbocycles. The lowest BCUT2D eigenvalue weighted by molar-refractivity contribution is 0.0682. The maximum absolute atomic E-state index is 12.8. The van der Waals surface area contributed by atoms with Crippen LogP contribution in [0.5, 0.6) is 0 Å². The molecule has 2 aromatic heterocycles. The van der Waals surface area contributed by atoms with E-state index in [1.807, 2.05) is 23.1 Å². The lowest BCUT2D eigenvalue weighted by atomic mass is 9.92. The second-order valence-electron chi connectivity index (χ2n) is 8.72. The molecule has 1 aromatic carbocycles. The van der Waals surface area contributed by atoms with Crippen LogP contribution in [0.3, 0.4) is 0 Å². The van der Waals surface area contributed by atoms with Crippen LogP contribution in [-0.2, 0) is 12.0 Å². The molecule has 0 unspecified atom stereocenters. The van der Waals surface area contributed by atoms with E-state index in [-0.39, 0.29) is 16.9 Å². The van der Waals surface area contributed by atoms with Gasteiger partial charge in [-0.05, 0) is 37.0 Å². The van der Waals surface area contributed by atoms with Gasteiger partial charge in [0, 0.05) is 36.7 Å². The number of aromatic nitrogens is 4. The number of amides is 1. The number of fused-ring (bicyclic) bond motifs is 1. The molecule has 1 aliphatic rings. The van der Waals surface area contributed by atoms with Crippen LogP contribution in [0.25, 0.3) is 11.0 Å². The number of benzene rings is 1. The van der Waals surface area contributed by atoms with Gasteiger partial charge in [0.2, 0.25) is 0 Å². The first kappa shape index (κ1) is 19.7. The molecule has 152 valence electrons. The molecule has 0 spiro atoms. The Morgan fingerprint density at radius 1 is 1.14 bits per heavy atom. The van der Waals surface area contributed by atoms with Crippen molar-refractivity contribution in [3.8, 4) is 0 Å². The van der Waals surface area contributed by atoms with Gasteiger partial charge in [-0.15, -0.1) is 0 Å². The third-order valence-electron chi connectivity index (χ3n) is 5.51. The van der Waals surface area contributed by atoms with Crippen LogP contribution >= 0.6 is 11.7 Å². The standard InChI is InChI=1S/C21H25N5O2S/c1-21(2,3)18-11-19(27)26(13-22-18)12-14-6-8-25(9-7-14)20(28)15-4-5-16-17(10-15)24-29-23-16/h4-5,10-11,13-14H,6-9,12H2,1-3H3. The van der Waals surface area contributed by atoms with Crippen molar-refractivity contribution in [1.29, 1.82) is 0 Å². The molecule has 4 rings (SSSR count). The summed E-state index contributed by atoms with van der Waals surface area (Å²) in [4.78, 5) is 31.6. The average molecular weight is 412 g/mol. The smallest absolute Gasteiger partial charge is 0.253 e. The zero-order valence-corrected chi connectivity index (χ0v) is 17.8. The average Bonchev–Trinajstić information content (AvgIpc) is 3.16. The molecule has 1 fully saturated rings. The summed E-state index contributed by atoms with van der Waals surface area (Å²) in [7, 11) is 0. The Bertz CT molecular complexity index is 1090. The zero-order valence-electron chi connectivity index (χ0n) is 17.0. The van der Waals surface area contributed by atoms with Gasteiger partial charge in [0.15, 0.2) is 0 Å². The van der Waals surface area contributed by atoms with Crippen molar-refractivity contribution in [2.45, 2.75) is 45.6 Å². The fourth-order valence-electron chi connectivity index (χ4n) is 3.67. The van der Waals surface area contributed by atoms with Crippen molar-refractivity contribution in [1.82, 2.24) is 23.2 Å². The minimum atomic E-state index is -0.137. The molecule has 3 heterocycles. The SMILES string of the molecule is CC(C)(C)c1cc(=O)n(CC2CCN(C(=O)c3ccc4nsnc4c3)CC2)cn1. The van der Waals surface area contributed by atoms with Gasteiger partial charge in [-0.2, -0.15) is 8.75 Å². The zero-order chi connectivity index (χ0) is 20.6. The number of hydrogen-bond acceptors (Lipinski definition) is 6. The van der Waals surface area contributed by atoms with Crippen LogP contribution < -0.4 is 5.56 Å². The van der Waals surface area contributed by atoms with Crippen molar-refractivity contribution < 1.29 is 4.79 Å². The lowest BCUT2D eigenvalue weighted by Gasteiger charge is -2.32. The van der Waals surface area contributed by atoms with E-state index in [4.69, 9.17) is 0 Å². The van der Waals surface area contributed by atoms with E-state index in [1.165, 1.54) is 0 Å². The predicted molar refractivity (Wildman–Crippen MR) is 113 cm³/mol. The molecule has 0 N–H and O–H groups in total. The molecule has 0 saturated carbocycles. The molecule has 1 aliphatic heterocycles. The molecule has 1 saturated heterocycles. The van der Waals surface area contributed by atoms with E-state index in [0.717, 1.165) is 41.3 Å². The fourth-order valence-corrected chi connectivity index (χ4v) is 4.19. The van der Waals surface area contributed by atoms with Gasteiger partial charge >= 0.3 is 0 Å². The van der Waals surface area contributed by atoms with E-state index in [2.05, 4.69) is 34.5 Å². The summed E-state index contributed by atoms with van der Waals surface area (Å²) in [6.07, 6.45) is 3.41. The number of likely N-dealkylation sites (tertiary alicyclic amines) is 1. The molecule has 0 bridgehead atoms. The maximum Gasteiger partial charge on any atom is 0.253 e. The molecular weight excluding hydrogens is 386 g/mol. The van der Waals surface area contributed by atoms with Gasteiger partial charge < -0.3 is 4.90 Å². The van der Waals surface area contributed by atoms with E-state index >= 15 is 0 Å². The normalized spacial score (nSPS) is 15.8. The van der Waals surface area contributed by atoms with Gasteiger partial charge in [0.05, 0.1) is 23.7 Å². The first-order valence-corrected chi connectivity index (χ1v) is 10.6. The molecule has 7 nitrogen and oxygen atoms in total. The van der Waals surface area contributed by atoms with Crippen LogP contribution in [0, 0.1) is 5.92 Å². The summed E-state index contributed by atoms with van der Waals surface area (Å²) < 4.78 is 10.1. The van der Waals surface area contributed by atoms with Gasteiger partial charge in [0.25, 0.3) is 11.5 Å². The minimum absolute atomic E-state index is 0.00592. The number of rotatable bonds is 3. The second-order valence-corrected chi connectivity index (χ2v) is 9.25. The Kier molecular flexibility index (Phi) is 5.21. The number of nitrogens with zero attached hydrogens (tertiary/aromatic N) is 5. The number of hydrogen-bond donors (Lipinski definition) is 0. The fraction of sp³-hybridized carbons (Fsp3) is 0.476. The van der Waals surface area contributed by atoms with Crippen LogP contribution in [0.4, 0.5) is 0 Å². The van der Waals surface area contributed by atoms with E-state index in [1.54, 1.807) is 17.0 Å². The summed E-state index contributed by atoms with van der Waals surface area (Å²) in [6, 6.07) is 7.12. The highest BCUT2D eigenvalue weighted by Crippen LogP contribution is 2.22. The number of piperidine rings is 1. The molecule has 8 heteroatoms. The third kappa shape index (κ3) is 4.22. The molecule has 1 amide bonds. The van der Waals surface area contributed by atoms with Crippen molar-refractivity contribution in [2.24, 2.45) is 5.92 Å². The highest BCUT2D eigenvalue weighted by molar-refractivity contribution is 7.00. The molecule has 3 aromatic rings. The summed E-state index contributed by atoms with van der Waals surface area (Å²) >= 11 is 1.16. The first-order chi connectivity index (χ1) is 13.8. The Labute approximate surface area is 173 Å². The topological polar surface area (TPSA) is 81.0 Å². The quantitative estimate of drug-likeness (QED) is 0.662. The lowest BCUT2D eigenvalue weighted by Crippen LogP contribution is -2.40. The van der Waals surface area contributed by atoms with Gasteiger partial charge in [-0.25, -0.2) is 4.98 Å². The third-order valence-corrected chi connectivity index (χ3v) is 6.06. The largest absolute Gasteiger partial charge is 0.339 e. The monoisotopic (exact) mass is 411 g/mol. The summed E-state index contributed by atoms with van der Waals surface area (Å²) in [5.41, 5.74) is 2.91. The highest BCUT2D eigenvalue weighted by atomic mass is 32.1. The Balaban J connectivity index is 1.38. The summed E-state index contributed by atoms with van der Waals surface area (Å²) in [5.74, 6) is 0.399.